The van der Waals surface area contributed by atoms with Gasteiger partial charge in [-0.15, -0.1) is 0 Å². The fourth-order valence-corrected chi connectivity index (χ4v) is 2.80. The smallest absolute Gasteiger partial charge is 0.362 e. The van der Waals surface area contributed by atoms with Gasteiger partial charge in [-0.05, 0) is 40.8 Å². The Morgan fingerprint density at radius 2 is 1.26 bits per heavy atom. The van der Waals surface area contributed by atoms with Crippen LogP contribution in [-0.2, 0) is 4.65 Å². The summed E-state index contributed by atoms with van der Waals surface area (Å²) in [6, 6.07) is 15.6. The minimum absolute atomic E-state index is 0.105. The molecule has 2 N–H and O–H groups in total. The Labute approximate surface area is 154 Å². The number of benzene rings is 3. The van der Waals surface area contributed by atoms with Gasteiger partial charge in [0.2, 0.25) is 0 Å². The van der Waals surface area contributed by atoms with Crippen molar-refractivity contribution in [3.8, 4) is 0 Å². The maximum absolute atomic E-state index is 13.8. The number of nitrogens with two attached hydrogens (primary N) is 1. The van der Waals surface area contributed by atoms with Crippen molar-refractivity contribution in [1.29, 1.82) is 0 Å². The molecule has 3 aromatic carbocycles. The third-order valence-corrected chi connectivity index (χ3v) is 4.18. The summed E-state index contributed by atoms with van der Waals surface area (Å²) < 4.78 is 60.2. The van der Waals surface area contributed by atoms with Crippen molar-refractivity contribution in [2.75, 3.05) is 6.54 Å². The molecule has 0 spiro atoms. The molecule has 3 aromatic rings. The third kappa shape index (κ3) is 4.38. The number of rotatable bonds is 6. The van der Waals surface area contributed by atoms with Gasteiger partial charge in [-0.25, -0.2) is 17.6 Å². The standard InChI is InChI=1S/C20H16BF4NO/c22-16-8-6-14(10-18(16)24)21(15-7-9-17(23)19(25)11-15)27-20(12-26)13-4-2-1-3-5-13/h1-11,20H,12,26H2. The van der Waals surface area contributed by atoms with Crippen molar-refractivity contribution >= 4 is 17.8 Å². The van der Waals surface area contributed by atoms with Crippen molar-refractivity contribution in [2.24, 2.45) is 5.73 Å². The minimum Gasteiger partial charge on any atom is -0.419 e. The topological polar surface area (TPSA) is 35.2 Å². The highest BCUT2D eigenvalue weighted by Gasteiger charge is 2.27. The highest BCUT2D eigenvalue weighted by molar-refractivity contribution is 6.80. The second kappa shape index (κ2) is 8.37. The van der Waals surface area contributed by atoms with E-state index in [-0.39, 0.29) is 17.5 Å². The van der Waals surface area contributed by atoms with Crippen LogP contribution in [0.15, 0.2) is 66.7 Å². The molecule has 1 atom stereocenters. The average molecular weight is 373 g/mol. The summed E-state index contributed by atoms with van der Waals surface area (Å²) in [5, 5.41) is 0. The molecule has 0 saturated carbocycles. The van der Waals surface area contributed by atoms with Crippen LogP contribution in [0.1, 0.15) is 11.7 Å². The van der Waals surface area contributed by atoms with Gasteiger partial charge < -0.3 is 10.4 Å². The van der Waals surface area contributed by atoms with Crippen LogP contribution < -0.4 is 16.7 Å². The van der Waals surface area contributed by atoms with E-state index in [9.17, 15) is 17.6 Å². The summed E-state index contributed by atoms with van der Waals surface area (Å²) in [7, 11) is 0. The summed E-state index contributed by atoms with van der Waals surface area (Å²) in [5.41, 5.74) is 7.11. The monoisotopic (exact) mass is 373 g/mol. The highest BCUT2D eigenvalue weighted by Crippen LogP contribution is 2.18. The Kier molecular flexibility index (Phi) is 5.93. The van der Waals surface area contributed by atoms with Gasteiger partial charge >= 0.3 is 6.92 Å². The molecular weight excluding hydrogens is 357 g/mol. The molecule has 27 heavy (non-hydrogen) atoms. The lowest BCUT2D eigenvalue weighted by molar-refractivity contribution is 0.223. The van der Waals surface area contributed by atoms with Crippen molar-refractivity contribution in [3.05, 3.63) is 95.6 Å². The van der Waals surface area contributed by atoms with E-state index in [1.54, 1.807) is 0 Å². The van der Waals surface area contributed by atoms with E-state index in [1.807, 2.05) is 30.3 Å². The van der Waals surface area contributed by atoms with Crippen LogP contribution >= 0.6 is 0 Å². The lowest BCUT2D eigenvalue weighted by Crippen LogP contribution is -2.47. The SMILES string of the molecule is NCC(OB(c1ccc(F)c(F)c1)c1ccc(F)c(F)c1)c1ccccc1. The minimum atomic E-state index is -1.06. The molecule has 0 bridgehead atoms. The maximum Gasteiger partial charge on any atom is 0.362 e. The van der Waals surface area contributed by atoms with Gasteiger partial charge in [-0.3, -0.25) is 0 Å². The van der Waals surface area contributed by atoms with Crippen molar-refractivity contribution in [3.63, 3.8) is 0 Å². The Hall–Kier alpha value is -2.64. The first-order valence-electron chi connectivity index (χ1n) is 8.30. The molecule has 138 valence electrons. The molecular formula is C20H16BF4NO. The third-order valence-electron chi connectivity index (χ3n) is 4.18. The molecule has 1 unspecified atom stereocenters. The van der Waals surface area contributed by atoms with Crippen molar-refractivity contribution in [2.45, 2.75) is 6.10 Å². The van der Waals surface area contributed by atoms with Crippen LogP contribution in [0.5, 0.6) is 0 Å². The summed E-state index contributed by atoms with van der Waals surface area (Å²) in [5.74, 6) is -4.15. The molecule has 0 aliphatic heterocycles. The molecule has 0 fully saturated rings. The molecule has 0 aliphatic rings. The second-order valence-electron chi connectivity index (χ2n) is 6.00. The first-order chi connectivity index (χ1) is 13.0. The largest absolute Gasteiger partial charge is 0.419 e. The van der Waals surface area contributed by atoms with Gasteiger partial charge in [0.25, 0.3) is 0 Å². The average Bonchev–Trinajstić information content (AvgIpc) is 2.68. The lowest BCUT2D eigenvalue weighted by atomic mass is 9.55. The molecule has 2 nitrogen and oxygen atoms in total. The normalized spacial score (nSPS) is 12.0. The number of hydrogen-bond donors (Lipinski definition) is 1. The van der Waals surface area contributed by atoms with Crippen molar-refractivity contribution < 1.29 is 22.2 Å². The zero-order valence-electron chi connectivity index (χ0n) is 14.2. The van der Waals surface area contributed by atoms with Crippen LogP contribution in [-0.4, -0.2) is 13.5 Å². The van der Waals surface area contributed by atoms with Gasteiger partial charge in [-0.1, -0.05) is 42.5 Å². The Morgan fingerprint density at radius 3 is 1.70 bits per heavy atom. The predicted octanol–water partition coefficient (Wildman–Crippen LogP) is 3.07. The maximum atomic E-state index is 13.8. The van der Waals surface area contributed by atoms with E-state index in [1.165, 1.54) is 12.1 Å². The molecule has 0 saturated heterocycles. The molecule has 3 rings (SSSR count). The number of hydrogen-bond acceptors (Lipinski definition) is 2. The molecule has 0 aromatic heterocycles. The highest BCUT2D eigenvalue weighted by atomic mass is 19.2. The molecule has 0 radical (unpaired) electrons. The quantitative estimate of drug-likeness (QED) is 0.533. The van der Waals surface area contributed by atoms with E-state index >= 15 is 0 Å². The van der Waals surface area contributed by atoms with Crippen LogP contribution in [0.3, 0.4) is 0 Å². The van der Waals surface area contributed by atoms with Crippen LogP contribution in [0, 0.1) is 23.3 Å². The summed E-state index contributed by atoms with van der Waals surface area (Å²) in [6.45, 7) is -0.864. The second-order valence-corrected chi connectivity index (χ2v) is 6.00. The zero-order chi connectivity index (χ0) is 19.4. The fourth-order valence-electron chi connectivity index (χ4n) is 2.80. The van der Waals surface area contributed by atoms with E-state index < -0.39 is 36.3 Å². The van der Waals surface area contributed by atoms with E-state index in [0.717, 1.165) is 29.8 Å². The van der Waals surface area contributed by atoms with Crippen LogP contribution in [0.4, 0.5) is 17.6 Å². The predicted molar refractivity (Wildman–Crippen MR) is 97.1 cm³/mol. The molecule has 0 heterocycles. The first kappa shape index (κ1) is 19.1. The Morgan fingerprint density at radius 1 is 0.741 bits per heavy atom. The van der Waals surface area contributed by atoms with E-state index in [4.69, 9.17) is 10.4 Å². The Bertz CT molecular complexity index is 872. The fraction of sp³-hybridized carbons (Fsp3) is 0.100. The summed E-state index contributed by atoms with van der Waals surface area (Å²) >= 11 is 0. The van der Waals surface area contributed by atoms with E-state index in [0.29, 0.717) is 0 Å². The van der Waals surface area contributed by atoms with Crippen LogP contribution in [0.2, 0.25) is 0 Å². The van der Waals surface area contributed by atoms with Gasteiger partial charge in [0, 0.05) is 6.54 Å². The summed E-state index contributed by atoms with van der Waals surface area (Å²) in [4.78, 5) is 0. The van der Waals surface area contributed by atoms with Gasteiger partial charge in [0.05, 0.1) is 6.10 Å². The molecule has 0 aliphatic carbocycles. The first-order valence-corrected chi connectivity index (χ1v) is 8.30. The van der Waals surface area contributed by atoms with Gasteiger partial charge in [0.1, 0.15) is 0 Å². The van der Waals surface area contributed by atoms with Crippen molar-refractivity contribution in [1.82, 2.24) is 0 Å². The Balaban J connectivity index is 2.03. The van der Waals surface area contributed by atoms with Crippen LogP contribution in [0.25, 0.3) is 0 Å². The summed E-state index contributed by atoms with van der Waals surface area (Å²) in [6.07, 6.45) is -0.586. The van der Waals surface area contributed by atoms with Gasteiger partial charge in [-0.2, -0.15) is 0 Å². The molecule has 0 amide bonds. The zero-order valence-corrected chi connectivity index (χ0v) is 14.2. The number of halogens is 4. The molecule has 7 heteroatoms. The van der Waals surface area contributed by atoms with E-state index in [2.05, 4.69) is 0 Å². The van der Waals surface area contributed by atoms with Gasteiger partial charge in [0.15, 0.2) is 23.3 Å². The lowest BCUT2D eigenvalue weighted by Gasteiger charge is -2.23.